The van der Waals surface area contributed by atoms with Crippen molar-refractivity contribution in [1.29, 1.82) is 0 Å². The van der Waals surface area contributed by atoms with Crippen LogP contribution < -0.4 is 28.6 Å². The van der Waals surface area contributed by atoms with Gasteiger partial charge in [0, 0.05) is 56.0 Å². The molecule has 4 aromatic rings. The molecule has 1 aliphatic heterocycles. The molecule has 1 aliphatic carbocycles. The van der Waals surface area contributed by atoms with Gasteiger partial charge in [-0.2, -0.15) is 18.1 Å². The van der Waals surface area contributed by atoms with E-state index < -0.39 is 36.9 Å². The number of ketones is 1. The number of alkyl halides is 2. The van der Waals surface area contributed by atoms with Crippen LogP contribution in [-0.4, -0.2) is 51.5 Å². The number of ether oxygens (including phenoxy) is 3. The van der Waals surface area contributed by atoms with Crippen LogP contribution >= 0.6 is 23.2 Å². The van der Waals surface area contributed by atoms with Crippen LogP contribution in [0, 0.1) is 11.1 Å². The number of hydrogen-bond donors (Lipinski definition) is 0. The average molecular weight is 729 g/mol. The van der Waals surface area contributed by atoms with Crippen molar-refractivity contribution in [2.75, 3.05) is 37.0 Å². The zero-order chi connectivity index (χ0) is 35.7. The van der Waals surface area contributed by atoms with Crippen LogP contribution in [0.25, 0.3) is 5.69 Å². The molecule has 3 heterocycles. The molecule has 6 rings (SSSR count). The van der Waals surface area contributed by atoms with Crippen molar-refractivity contribution in [1.82, 2.24) is 0 Å². The molecule has 2 aliphatic rings. The summed E-state index contributed by atoms with van der Waals surface area (Å²) in [5.74, 6) is -2.49. The Morgan fingerprint density at radius 2 is 1.72 bits per heavy atom. The molecule has 0 unspecified atom stereocenters. The van der Waals surface area contributed by atoms with Crippen molar-refractivity contribution in [3.8, 4) is 17.2 Å². The maximum Gasteiger partial charge on any atom is 0.387 e. The summed E-state index contributed by atoms with van der Waals surface area (Å²) in [5, 5.41) is 11.9. The van der Waals surface area contributed by atoms with E-state index in [0.29, 0.717) is 16.0 Å². The number of rotatable bonds is 13. The molecule has 1 saturated carbocycles. The third kappa shape index (κ3) is 7.74. The van der Waals surface area contributed by atoms with E-state index in [2.05, 4.69) is 4.74 Å². The first-order valence-corrected chi connectivity index (χ1v) is 16.3. The molecule has 1 atom stereocenters. The highest BCUT2D eigenvalue weighted by Crippen LogP contribution is 2.38. The Bertz CT molecular complexity index is 1940. The maximum absolute atomic E-state index is 13.6. The number of amides is 1. The lowest BCUT2D eigenvalue weighted by Crippen LogP contribution is -2.36. The van der Waals surface area contributed by atoms with Gasteiger partial charge in [-0.3, -0.25) is 19.3 Å². The Morgan fingerprint density at radius 1 is 1.02 bits per heavy atom. The number of carbonyl (C=O) groups excluding carboxylic acids is 3. The lowest BCUT2D eigenvalue weighted by atomic mass is 10.0. The van der Waals surface area contributed by atoms with Gasteiger partial charge in [-0.25, -0.2) is 0 Å². The van der Waals surface area contributed by atoms with Crippen LogP contribution in [0.2, 0.25) is 10.0 Å². The fourth-order valence-electron chi connectivity index (χ4n) is 5.48. The van der Waals surface area contributed by atoms with E-state index in [-0.39, 0.29) is 57.3 Å². The minimum absolute atomic E-state index is 0.00528. The molecule has 2 aromatic carbocycles. The lowest BCUT2D eigenvalue weighted by Gasteiger charge is -2.23. The highest BCUT2D eigenvalue weighted by Gasteiger charge is 2.39. The molecule has 2 aromatic heterocycles. The number of anilines is 2. The van der Waals surface area contributed by atoms with Crippen LogP contribution in [0.15, 0.2) is 73.3 Å². The number of halogens is 4. The number of esters is 1. The van der Waals surface area contributed by atoms with Crippen molar-refractivity contribution < 1.29 is 46.7 Å². The number of benzene rings is 2. The van der Waals surface area contributed by atoms with E-state index in [9.17, 15) is 28.4 Å². The number of nitrogens with zero attached hydrogens (tertiary/aromatic N) is 4. The third-order valence-corrected chi connectivity index (χ3v) is 8.97. The van der Waals surface area contributed by atoms with Crippen LogP contribution in [0.3, 0.4) is 0 Å². The summed E-state index contributed by atoms with van der Waals surface area (Å²) in [5.41, 5.74) is 2.55. The summed E-state index contributed by atoms with van der Waals surface area (Å²) < 4.78 is 45.0. The Kier molecular flexibility index (Phi) is 10.1. The monoisotopic (exact) mass is 727 g/mol. The SMILES string of the molecule is CN(C)c1cc[n+](-c2ccc3c(c2)N(CC(=O)O[C@@H](Cc2c(Cl)c[n+]([O-])cc2Cl)c2ccc(OC(F)F)c(OCC4CC4)c2)C(=O)C3=O)cc1. The number of carbonyl (C=O) groups is 3. The van der Waals surface area contributed by atoms with E-state index in [1.54, 1.807) is 16.7 Å². The topological polar surface area (TPSA) is 116 Å². The number of pyridine rings is 2. The summed E-state index contributed by atoms with van der Waals surface area (Å²) in [6, 6.07) is 12.8. The molecule has 50 heavy (non-hydrogen) atoms. The van der Waals surface area contributed by atoms with E-state index in [1.807, 2.05) is 43.5 Å². The molecule has 0 radical (unpaired) electrons. The Hall–Kier alpha value is -5.01. The maximum atomic E-state index is 13.6. The van der Waals surface area contributed by atoms with Crippen molar-refractivity contribution in [3.05, 3.63) is 105 Å². The fourth-order valence-corrected chi connectivity index (χ4v) is 6.07. The highest BCUT2D eigenvalue weighted by molar-refractivity contribution is 6.52. The van der Waals surface area contributed by atoms with E-state index in [0.717, 1.165) is 35.8 Å². The number of Topliss-reactive ketones (excluding diaryl/α,β-unsaturated/α-hetero) is 1. The normalized spacial score (nSPS) is 14.5. The molecule has 260 valence electrons. The predicted octanol–water partition coefficient (Wildman–Crippen LogP) is 5.42. The van der Waals surface area contributed by atoms with Crippen LogP contribution in [-0.2, 0) is 20.7 Å². The number of aromatic nitrogens is 2. The molecule has 0 spiro atoms. The van der Waals surface area contributed by atoms with Crippen LogP contribution in [0.4, 0.5) is 20.2 Å². The zero-order valence-corrected chi connectivity index (χ0v) is 28.4. The Morgan fingerprint density at radius 3 is 2.36 bits per heavy atom. The molecule has 11 nitrogen and oxygen atoms in total. The van der Waals surface area contributed by atoms with Gasteiger partial charge in [0.2, 0.25) is 5.69 Å². The van der Waals surface area contributed by atoms with Gasteiger partial charge in [-0.1, -0.05) is 29.3 Å². The Labute approximate surface area is 295 Å². The van der Waals surface area contributed by atoms with Gasteiger partial charge in [0.15, 0.2) is 36.3 Å². The minimum Gasteiger partial charge on any atom is -0.619 e. The summed E-state index contributed by atoms with van der Waals surface area (Å²) >= 11 is 12.7. The van der Waals surface area contributed by atoms with Crippen LogP contribution in [0.5, 0.6) is 11.5 Å². The van der Waals surface area contributed by atoms with Gasteiger partial charge in [0.25, 0.3) is 11.7 Å². The second kappa shape index (κ2) is 14.5. The predicted molar refractivity (Wildman–Crippen MR) is 178 cm³/mol. The van der Waals surface area contributed by atoms with E-state index in [4.69, 9.17) is 32.7 Å². The number of fused-ring (bicyclic) bond motifs is 1. The smallest absolute Gasteiger partial charge is 0.387 e. The zero-order valence-electron chi connectivity index (χ0n) is 26.9. The van der Waals surface area contributed by atoms with Crippen molar-refractivity contribution in [2.24, 2.45) is 5.92 Å². The van der Waals surface area contributed by atoms with Crippen molar-refractivity contribution >= 4 is 52.2 Å². The van der Waals surface area contributed by atoms with E-state index >= 15 is 0 Å². The summed E-state index contributed by atoms with van der Waals surface area (Å²) in [6.07, 6.45) is 6.41. The standard InChI is InChI=1S/C35H31Cl2F2N4O7/c1-40(2)22-9-11-41(12-10-22)23-6-7-24-28(14-23)43(34(46)33(24)45)18-32(44)49-30(15-25-26(36)16-42(47)17-27(25)37)21-5-8-29(50-35(38)39)31(13-21)48-19-20-3-4-20/h5-14,16-17,20,30,35H,3-4,15,18-19H2,1-2H3/q+1/t30-/m0/s1. The van der Waals surface area contributed by atoms with Gasteiger partial charge in [-0.05, 0) is 42.5 Å². The average Bonchev–Trinajstić information content (AvgIpc) is 3.88. The Balaban J connectivity index is 1.30. The molecule has 0 N–H and O–H groups in total. The molecular weight excluding hydrogens is 697 g/mol. The first-order chi connectivity index (χ1) is 23.9. The second-order valence-corrected chi connectivity index (χ2v) is 12.9. The number of hydrogen-bond acceptors (Lipinski definition) is 8. The summed E-state index contributed by atoms with van der Waals surface area (Å²) in [6.45, 7) is -3.47. The molecule has 15 heteroatoms. The molecule has 0 bridgehead atoms. The van der Waals surface area contributed by atoms with Gasteiger partial charge >= 0.3 is 12.6 Å². The van der Waals surface area contributed by atoms with Gasteiger partial charge < -0.3 is 24.3 Å². The second-order valence-electron chi connectivity index (χ2n) is 12.1. The van der Waals surface area contributed by atoms with Gasteiger partial charge in [0.05, 0.1) is 17.9 Å². The van der Waals surface area contributed by atoms with Crippen molar-refractivity contribution in [3.63, 3.8) is 0 Å². The largest absolute Gasteiger partial charge is 0.619 e. The van der Waals surface area contributed by atoms with Gasteiger partial charge in [-0.15, -0.1) is 0 Å². The minimum atomic E-state index is -3.11. The summed E-state index contributed by atoms with van der Waals surface area (Å²) in [4.78, 5) is 42.7. The lowest BCUT2D eigenvalue weighted by molar-refractivity contribution is -0.605. The third-order valence-electron chi connectivity index (χ3n) is 8.32. The van der Waals surface area contributed by atoms with Crippen LogP contribution in [0.1, 0.15) is 40.4 Å². The van der Waals surface area contributed by atoms with Gasteiger partial charge in [0.1, 0.15) is 22.7 Å². The molecular formula is C35H31Cl2F2N4O7+. The first kappa shape index (κ1) is 34.8. The highest BCUT2D eigenvalue weighted by atomic mass is 35.5. The molecule has 1 fully saturated rings. The fraction of sp³-hybridized carbons (Fsp3) is 0.286. The first-order valence-electron chi connectivity index (χ1n) is 15.5. The molecule has 1 amide bonds. The summed E-state index contributed by atoms with van der Waals surface area (Å²) in [7, 11) is 3.83. The molecule has 0 saturated heterocycles. The quantitative estimate of drug-likeness (QED) is 0.0777. The van der Waals surface area contributed by atoms with Crippen molar-refractivity contribution in [2.45, 2.75) is 32.0 Å². The van der Waals surface area contributed by atoms with E-state index in [1.165, 1.54) is 24.3 Å².